The Hall–Kier alpha value is -0.870. The van der Waals surface area contributed by atoms with Crippen molar-refractivity contribution in [2.24, 2.45) is 0 Å². The van der Waals surface area contributed by atoms with Crippen LogP contribution in [0.1, 0.15) is 57.9 Å². The van der Waals surface area contributed by atoms with E-state index in [0.29, 0.717) is 19.0 Å². The summed E-state index contributed by atoms with van der Waals surface area (Å²) in [6.45, 7) is 8.52. The van der Waals surface area contributed by atoms with E-state index in [4.69, 9.17) is 4.74 Å². The first-order chi connectivity index (χ1) is 8.92. The van der Waals surface area contributed by atoms with Crippen LogP contribution < -0.4 is 5.32 Å². The molecule has 1 rings (SSSR count). The topological polar surface area (TPSA) is 38.3 Å². The van der Waals surface area contributed by atoms with Crippen molar-refractivity contribution in [2.75, 3.05) is 6.54 Å². The highest BCUT2D eigenvalue weighted by molar-refractivity contribution is 7.10. The van der Waals surface area contributed by atoms with E-state index in [-0.39, 0.29) is 5.97 Å². The van der Waals surface area contributed by atoms with Crippen LogP contribution in [-0.2, 0) is 9.53 Å². The molecule has 0 amide bonds. The quantitative estimate of drug-likeness (QED) is 0.771. The third kappa shape index (κ3) is 6.73. The van der Waals surface area contributed by atoms with Gasteiger partial charge < -0.3 is 10.1 Å². The molecular formula is C15H25NO2S. The van der Waals surface area contributed by atoms with E-state index in [1.165, 1.54) is 4.88 Å². The summed E-state index contributed by atoms with van der Waals surface area (Å²) in [6.07, 6.45) is 2.64. The first-order valence-corrected chi connectivity index (χ1v) is 7.79. The Morgan fingerprint density at radius 1 is 1.47 bits per heavy atom. The molecule has 1 unspecified atom stereocenters. The zero-order valence-corrected chi connectivity index (χ0v) is 13.2. The summed E-state index contributed by atoms with van der Waals surface area (Å²) in [5.74, 6) is -0.138. The molecule has 1 aromatic heterocycles. The largest absolute Gasteiger partial charge is 0.460 e. The number of hydrogen-bond donors (Lipinski definition) is 1. The third-order valence-corrected chi connectivity index (χ3v) is 3.59. The molecule has 0 saturated carbocycles. The van der Waals surface area contributed by atoms with Crippen molar-refractivity contribution in [2.45, 2.75) is 58.6 Å². The zero-order chi connectivity index (χ0) is 14.3. The molecule has 0 aliphatic heterocycles. The Balaban J connectivity index is 2.35. The number of carbonyl (C=O) groups is 1. The standard InChI is InChI=1S/C15H25NO2S/c1-5-7-12(13-8-6-11-19-13)16-10-9-14(17)18-15(2,3)4/h6,8,11-12,16H,5,7,9-10H2,1-4H3. The first kappa shape index (κ1) is 16.2. The van der Waals surface area contributed by atoms with Crippen molar-refractivity contribution in [3.8, 4) is 0 Å². The van der Waals surface area contributed by atoms with Gasteiger partial charge in [0.05, 0.1) is 6.42 Å². The lowest BCUT2D eigenvalue weighted by molar-refractivity contribution is -0.154. The molecular weight excluding hydrogens is 258 g/mol. The van der Waals surface area contributed by atoms with E-state index in [0.717, 1.165) is 12.8 Å². The summed E-state index contributed by atoms with van der Waals surface area (Å²) in [6, 6.07) is 4.57. The number of nitrogens with one attached hydrogen (secondary N) is 1. The number of esters is 1. The molecule has 0 aliphatic carbocycles. The highest BCUT2D eigenvalue weighted by Crippen LogP contribution is 2.23. The Labute approximate surface area is 120 Å². The van der Waals surface area contributed by atoms with Gasteiger partial charge in [-0.1, -0.05) is 19.4 Å². The van der Waals surface area contributed by atoms with E-state index in [1.54, 1.807) is 11.3 Å². The van der Waals surface area contributed by atoms with Gasteiger partial charge in [-0.25, -0.2) is 0 Å². The molecule has 0 fully saturated rings. The van der Waals surface area contributed by atoms with Crippen LogP contribution in [0.25, 0.3) is 0 Å². The molecule has 108 valence electrons. The van der Waals surface area contributed by atoms with Crippen LogP contribution in [0.4, 0.5) is 0 Å². The summed E-state index contributed by atoms with van der Waals surface area (Å²) in [5, 5.41) is 5.54. The first-order valence-electron chi connectivity index (χ1n) is 6.91. The molecule has 1 aromatic rings. The molecule has 0 aliphatic rings. The predicted molar refractivity (Wildman–Crippen MR) is 80.4 cm³/mol. The average Bonchev–Trinajstić information content (AvgIpc) is 2.78. The molecule has 4 heteroatoms. The second kappa shape index (κ2) is 7.65. The van der Waals surface area contributed by atoms with Crippen molar-refractivity contribution >= 4 is 17.3 Å². The molecule has 0 aromatic carbocycles. The minimum atomic E-state index is -0.395. The summed E-state index contributed by atoms with van der Waals surface area (Å²) in [5.41, 5.74) is -0.395. The van der Waals surface area contributed by atoms with E-state index in [2.05, 4.69) is 29.8 Å². The Morgan fingerprint density at radius 2 is 2.21 bits per heavy atom. The van der Waals surface area contributed by atoms with Crippen molar-refractivity contribution in [1.29, 1.82) is 0 Å². The van der Waals surface area contributed by atoms with Crippen molar-refractivity contribution < 1.29 is 9.53 Å². The van der Waals surface area contributed by atoms with Crippen LogP contribution in [0.2, 0.25) is 0 Å². The SMILES string of the molecule is CCCC(NCCC(=O)OC(C)(C)C)c1cccs1. The van der Waals surface area contributed by atoms with Gasteiger partial charge in [0.15, 0.2) is 0 Å². The molecule has 1 heterocycles. The van der Waals surface area contributed by atoms with Crippen molar-refractivity contribution in [1.82, 2.24) is 5.32 Å². The van der Waals surface area contributed by atoms with Crippen molar-refractivity contribution in [3.63, 3.8) is 0 Å². The van der Waals surface area contributed by atoms with Gasteiger partial charge in [-0.3, -0.25) is 4.79 Å². The monoisotopic (exact) mass is 283 g/mol. The average molecular weight is 283 g/mol. The number of thiophene rings is 1. The second-order valence-corrected chi connectivity index (χ2v) is 6.63. The summed E-state index contributed by atoms with van der Waals surface area (Å²) >= 11 is 1.76. The van der Waals surface area contributed by atoms with Gasteiger partial charge in [-0.2, -0.15) is 0 Å². The fraction of sp³-hybridized carbons (Fsp3) is 0.667. The minimum Gasteiger partial charge on any atom is -0.460 e. The molecule has 0 spiro atoms. The highest BCUT2D eigenvalue weighted by atomic mass is 32.1. The Morgan fingerprint density at radius 3 is 2.74 bits per heavy atom. The normalized spacial score (nSPS) is 13.3. The van der Waals surface area contributed by atoms with Crippen LogP contribution in [0, 0.1) is 0 Å². The zero-order valence-electron chi connectivity index (χ0n) is 12.4. The summed E-state index contributed by atoms with van der Waals surface area (Å²) in [7, 11) is 0. The molecule has 1 atom stereocenters. The lowest BCUT2D eigenvalue weighted by Crippen LogP contribution is -2.28. The summed E-state index contributed by atoms with van der Waals surface area (Å²) < 4.78 is 5.29. The van der Waals surface area contributed by atoms with Gasteiger partial charge in [0.1, 0.15) is 5.60 Å². The lowest BCUT2D eigenvalue weighted by atomic mass is 10.1. The molecule has 0 radical (unpaired) electrons. The smallest absolute Gasteiger partial charge is 0.307 e. The number of ether oxygens (including phenoxy) is 1. The van der Waals surface area contributed by atoms with Crippen LogP contribution in [0.15, 0.2) is 17.5 Å². The summed E-state index contributed by atoms with van der Waals surface area (Å²) in [4.78, 5) is 13.0. The van der Waals surface area contributed by atoms with Gasteiger partial charge in [0.25, 0.3) is 0 Å². The maximum absolute atomic E-state index is 11.6. The lowest BCUT2D eigenvalue weighted by Gasteiger charge is -2.20. The molecule has 0 bridgehead atoms. The third-order valence-electron chi connectivity index (χ3n) is 2.60. The maximum atomic E-state index is 11.6. The molecule has 1 N–H and O–H groups in total. The van der Waals surface area contributed by atoms with E-state index in [1.807, 2.05) is 20.8 Å². The molecule has 0 saturated heterocycles. The predicted octanol–water partition coefficient (Wildman–Crippen LogP) is 3.91. The maximum Gasteiger partial charge on any atom is 0.307 e. The minimum absolute atomic E-state index is 0.138. The van der Waals surface area contributed by atoms with Crippen LogP contribution in [0.5, 0.6) is 0 Å². The molecule has 19 heavy (non-hydrogen) atoms. The van der Waals surface area contributed by atoms with Gasteiger partial charge in [-0.15, -0.1) is 11.3 Å². The van der Waals surface area contributed by atoms with E-state index in [9.17, 15) is 4.79 Å². The highest BCUT2D eigenvalue weighted by Gasteiger charge is 2.17. The number of hydrogen-bond acceptors (Lipinski definition) is 4. The van der Waals surface area contributed by atoms with Gasteiger partial charge in [0.2, 0.25) is 0 Å². The van der Waals surface area contributed by atoms with E-state index < -0.39 is 5.60 Å². The Kier molecular flexibility index (Phi) is 6.52. The fourth-order valence-electron chi connectivity index (χ4n) is 1.86. The van der Waals surface area contributed by atoms with Crippen molar-refractivity contribution in [3.05, 3.63) is 22.4 Å². The number of rotatable bonds is 7. The second-order valence-electron chi connectivity index (χ2n) is 5.65. The fourth-order valence-corrected chi connectivity index (χ4v) is 2.70. The molecule has 3 nitrogen and oxygen atoms in total. The van der Waals surface area contributed by atoms with Crippen LogP contribution in [0.3, 0.4) is 0 Å². The van der Waals surface area contributed by atoms with Gasteiger partial charge in [-0.05, 0) is 38.6 Å². The Bertz CT molecular complexity index is 368. The van der Waals surface area contributed by atoms with Crippen LogP contribution in [-0.4, -0.2) is 18.1 Å². The van der Waals surface area contributed by atoms with E-state index >= 15 is 0 Å². The van der Waals surface area contributed by atoms with Gasteiger partial charge >= 0.3 is 5.97 Å². The number of carbonyl (C=O) groups excluding carboxylic acids is 1. The van der Waals surface area contributed by atoms with Crippen LogP contribution >= 0.6 is 11.3 Å². The van der Waals surface area contributed by atoms with Gasteiger partial charge in [0, 0.05) is 17.5 Å².